The molecule has 7 nitrogen and oxygen atoms in total. The summed E-state index contributed by atoms with van der Waals surface area (Å²) in [6.45, 7) is 5.39. The Hall–Kier alpha value is -3.69. The molecule has 1 aliphatic carbocycles. The topological polar surface area (TPSA) is 89.8 Å². The summed E-state index contributed by atoms with van der Waals surface area (Å²) in [7, 11) is 0. The Kier molecular flexibility index (Phi) is 6.64. The number of carboxylic acids is 1. The van der Waals surface area contributed by atoms with E-state index in [1.54, 1.807) is 32.9 Å². The Morgan fingerprint density at radius 2 is 1.75 bits per heavy atom. The third-order valence-corrected chi connectivity index (χ3v) is 6.00. The maximum absolute atomic E-state index is 12.5. The molecule has 0 aliphatic heterocycles. The molecular formula is C26H27F3N2O5. The third kappa shape index (κ3) is 5.92. The van der Waals surface area contributed by atoms with Crippen molar-refractivity contribution in [1.29, 1.82) is 0 Å². The second-order valence-corrected chi connectivity index (χ2v) is 9.87. The van der Waals surface area contributed by atoms with Gasteiger partial charge in [-0.15, -0.1) is 13.2 Å². The fraction of sp³-hybridized carbons (Fsp3) is 0.385. The molecule has 1 unspecified atom stereocenters. The lowest BCUT2D eigenvalue weighted by atomic mass is 10.0. The minimum atomic E-state index is -4.79. The first-order valence-electron chi connectivity index (χ1n) is 11.5. The van der Waals surface area contributed by atoms with Crippen LogP contribution in [0.5, 0.6) is 5.75 Å². The van der Waals surface area contributed by atoms with Gasteiger partial charge in [0.2, 0.25) is 0 Å². The van der Waals surface area contributed by atoms with Gasteiger partial charge >= 0.3 is 18.4 Å². The lowest BCUT2D eigenvalue weighted by molar-refractivity contribution is -0.274. The summed E-state index contributed by atoms with van der Waals surface area (Å²) in [6, 6.07) is 10.2. The molecule has 36 heavy (non-hydrogen) atoms. The van der Waals surface area contributed by atoms with Crippen molar-refractivity contribution in [1.82, 2.24) is 9.88 Å². The van der Waals surface area contributed by atoms with Crippen molar-refractivity contribution in [2.24, 2.45) is 0 Å². The summed E-state index contributed by atoms with van der Waals surface area (Å²) in [5, 5.41) is 13.1. The van der Waals surface area contributed by atoms with Crippen molar-refractivity contribution < 1.29 is 37.3 Å². The largest absolute Gasteiger partial charge is 0.573 e. The number of alkyl carbamates (subject to hydrolysis) is 1. The predicted molar refractivity (Wildman–Crippen MR) is 127 cm³/mol. The maximum atomic E-state index is 12.5. The molecule has 1 saturated carbocycles. The lowest BCUT2D eigenvalue weighted by Crippen LogP contribution is -2.38. The standard InChI is InChI=1S/C26H27F3N2O5/c1-25(2,3)36-24(34)30-17-7-8-18(13-17)31-14-21(20-12-16(23(32)33)6-11-22(20)31)15-4-9-19(10-5-15)35-26(27,28)29/h4-6,9-12,14,17-18H,7-8,13H2,1-3H3,(H,30,34)(H,32,33)/t17-,18?/m1/s1. The van der Waals surface area contributed by atoms with Crippen LogP contribution in [0.15, 0.2) is 48.7 Å². The number of hydrogen-bond acceptors (Lipinski definition) is 4. The monoisotopic (exact) mass is 504 g/mol. The van der Waals surface area contributed by atoms with E-state index in [1.165, 1.54) is 30.3 Å². The van der Waals surface area contributed by atoms with Crippen LogP contribution in [0.4, 0.5) is 18.0 Å². The number of ether oxygens (including phenoxy) is 2. The van der Waals surface area contributed by atoms with Crippen molar-refractivity contribution in [3.63, 3.8) is 0 Å². The number of hydrogen-bond donors (Lipinski definition) is 2. The zero-order valence-corrected chi connectivity index (χ0v) is 20.1. The quantitative estimate of drug-likeness (QED) is 0.413. The molecule has 0 radical (unpaired) electrons. The van der Waals surface area contributed by atoms with Gasteiger partial charge in [0, 0.05) is 34.7 Å². The number of fused-ring (bicyclic) bond motifs is 1. The second kappa shape index (κ2) is 9.40. The molecule has 2 aromatic carbocycles. The highest BCUT2D eigenvalue weighted by molar-refractivity contribution is 6.01. The van der Waals surface area contributed by atoms with Gasteiger partial charge in [0.1, 0.15) is 11.4 Å². The van der Waals surface area contributed by atoms with E-state index < -0.39 is 24.0 Å². The van der Waals surface area contributed by atoms with Gasteiger partial charge in [-0.25, -0.2) is 9.59 Å². The van der Waals surface area contributed by atoms with E-state index in [2.05, 4.69) is 10.1 Å². The molecule has 1 heterocycles. The Balaban J connectivity index is 1.64. The van der Waals surface area contributed by atoms with Crippen molar-refractivity contribution in [3.8, 4) is 16.9 Å². The minimum absolute atomic E-state index is 0.0321. The van der Waals surface area contributed by atoms with Gasteiger partial charge in [0.25, 0.3) is 0 Å². The van der Waals surface area contributed by atoms with Crippen molar-refractivity contribution in [2.45, 2.75) is 64.1 Å². The van der Waals surface area contributed by atoms with Crippen molar-refractivity contribution in [3.05, 3.63) is 54.2 Å². The molecule has 10 heteroatoms. The highest BCUT2D eigenvalue weighted by Crippen LogP contribution is 2.39. The van der Waals surface area contributed by atoms with E-state index in [0.29, 0.717) is 22.9 Å². The fourth-order valence-corrected chi connectivity index (χ4v) is 4.57. The molecule has 2 atom stereocenters. The van der Waals surface area contributed by atoms with Crippen LogP contribution in [0.25, 0.3) is 22.0 Å². The van der Waals surface area contributed by atoms with Gasteiger partial charge in [-0.2, -0.15) is 0 Å². The van der Waals surface area contributed by atoms with Crippen LogP contribution in [0.3, 0.4) is 0 Å². The van der Waals surface area contributed by atoms with Gasteiger partial charge in [0.15, 0.2) is 0 Å². The number of alkyl halides is 3. The van der Waals surface area contributed by atoms with Gasteiger partial charge in [-0.3, -0.25) is 0 Å². The number of nitrogens with one attached hydrogen (secondary N) is 1. The number of benzene rings is 2. The van der Waals surface area contributed by atoms with Crippen molar-refractivity contribution >= 4 is 23.0 Å². The number of aromatic carboxylic acids is 1. The Bertz CT molecular complexity index is 1280. The molecule has 0 bridgehead atoms. The number of aromatic nitrogens is 1. The highest BCUT2D eigenvalue weighted by atomic mass is 19.4. The number of nitrogens with zero attached hydrogens (tertiary/aromatic N) is 1. The SMILES string of the molecule is CC(C)(C)OC(=O)N[C@@H]1CCC(n2cc(-c3ccc(OC(F)(F)F)cc3)c3cc(C(=O)O)ccc32)C1. The van der Waals surface area contributed by atoms with Gasteiger partial charge in [-0.05, 0) is 75.9 Å². The smallest absolute Gasteiger partial charge is 0.478 e. The van der Waals surface area contributed by atoms with E-state index in [-0.39, 0.29) is 23.4 Å². The highest BCUT2D eigenvalue weighted by Gasteiger charge is 2.32. The van der Waals surface area contributed by atoms with Crippen LogP contribution in [0.1, 0.15) is 56.4 Å². The molecule has 1 amide bonds. The van der Waals surface area contributed by atoms with E-state index in [0.717, 1.165) is 18.4 Å². The molecule has 0 saturated heterocycles. The predicted octanol–water partition coefficient (Wildman–Crippen LogP) is 6.52. The van der Waals surface area contributed by atoms with Gasteiger partial charge in [-0.1, -0.05) is 12.1 Å². The average molecular weight is 505 g/mol. The molecule has 3 aromatic rings. The third-order valence-electron chi connectivity index (χ3n) is 6.00. The zero-order chi connectivity index (χ0) is 26.3. The number of rotatable bonds is 5. The van der Waals surface area contributed by atoms with E-state index in [1.807, 2.05) is 10.8 Å². The molecule has 2 N–H and O–H groups in total. The van der Waals surface area contributed by atoms with Crippen LogP contribution in [-0.2, 0) is 4.74 Å². The molecule has 4 rings (SSSR count). The Morgan fingerprint density at radius 1 is 1.06 bits per heavy atom. The molecule has 1 fully saturated rings. The molecule has 1 aliphatic rings. The van der Waals surface area contributed by atoms with Crippen LogP contribution in [0, 0.1) is 0 Å². The summed E-state index contributed by atoms with van der Waals surface area (Å²) >= 11 is 0. The second-order valence-electron chi connectivity index (χ2n) is 9.87. The first-order chi connectivity index (χ1) is 16.8. The first kappa shape index (κ1) is 25.4. The average Bonchev–Trinajstić information content (AvgIpc) is 3.35. The minimum Gasteiger partial charge on any atom is -0.478 e. The summed E-state index contributed by atoms with van der Waals surface area (Å²) in [6.07, 6.45) is -1.20. The van der Waals surface area contributed by atoms with E-state index in [4.69, 9.17) is 4.74 Å². The summed E-state index contributed by atoms with van der Waals surface area (Å²) < 4.78 is 49.0. The van der Waals surface area contributed by atoms with Crippen LogP contribution in [-0.4, -0.2) is 39.7 Å². The molecule has 1 aromatic heterocycles. The molecule has 192 valence electrons. The summed E-state index contributed by atoms with van der Waals surface area (Å²) in [5.74, 6) is -1.42. The lowest BCUT2D eigenvalue weighted by Gasteiger charge is -2.22. The molecular weight excluding hydrogens is 477 g/mol. The molecule has 0 spiro atoms. The van der Waals surface area contributed by atoms with E-state index in [9.17, 15) is 27.9 Å². The van der Waals surface area contributed by atoms with Gasteiger partial charge < -0.3 is 24.5 Å². The first-order valence-corrected chi connectivity index (χ1v) is 11.5. The normalized spacial score (nSPS) is 18.3. The fourth-order valence-electron chi connectivity index (χ4n) is 4.57. The number of carboxylic acid groups (broad SMARTS) is 1. The van der Waals surface area contributed by atoms with Crippen LogP contribution in [0.2, 0.25) is 0 Å². The maximum Gasteiger partial charge on any atom is 0.573 e. The van der Waals surface area contributed by atoms with E-state index >= 15 is 0 Å². The number of amides is 1. The Labute approximate surface area is 205 Å². The summed E-state index contributed by atoms with van der Waals surface area (Å²) in [4.78, 5) is 23.8. The number of carbonyl (C=O) groups is 2. The zero-order valence-electron chi connectivity index (χ0n) is 20.1. The Morgan fingerprint density at radius 3 is 2.36 bits per heavy atom. The number of carbonyl (C=O) groups excluding carboxylic acids is 1. The summed E-state index contributed by atoms with van der Waals surface area (Å²) in [5.41, 5.74) is 1.62. The van der Waals surface area contributed by atoms with Gasteiger partial charge in [0.05, 0.1) is 5.56 Å². The number of halogens is 3. The van der Waals surface area contributed by atoms with Crippen LogP contribution < -0.4 is 10.1 Å². The van der Waals surface area contributed by atoms with Crippen LogP contribution >= 0.6 is 0 Å². The van der Waals surface area contributed by atoms with Crippen molar-refractivity contribution in [2.75, 3.05) is 0 Å².